The molecule has 5 heteroatoms. The molecule has 1 aromatic heterocycles. The highest BCUT2D eigenvalue weighted by molar-refractivity contribution is 7.11. The van der Waals surface area contributed by atoms with Crippen LogP contribution in [-0.2, 0) is 0 Å². The molecule has 0 atom stereocenters. The quantitative estimate of drug-likeness (QED) is 0.669. The molecular weight excluding hydrogens is 178 g/mol. The molecule has 2 rings (SSSR count). The second-order valence-electron chi connectivity index (χ2n) is 2.16. The molecule has 1 aliphatic rings. The first-order valence-corrected chi connectivity index (χ1v) is 4.11. The summed E-state index contributed by atoms with van der Waals surface area (Å²) < 4.78 is 0. The van der Waals surface area contributed by atoms with E-state index in [-0.39, 0.29) is 0 Å². The lowest BCUT2D eigenvalue weighted by Crippen LogP contribution is -2.28. The number of hydroxylamine groups is 2. The van der Waals surface area contributed by atoms with Crippen LogP contribution in [0.25, 0.3) is 6.08 Å². The molecule has 0 bridgehead atoms. The van der Waals surface area contributed by atoms with E-state index in [1.165, 1.54) is 17.5 Å². The highest BCUT2D eigenvalue weighted by atomic mass is 32.1. The van der Waals surface area contributed by atoms with Crippen LogP contribution < -0.4 is 4.84 Å². The molecule has 12 heavy (non-hydrogen) atoms. The van der Waals surface area contributed by atoms with E-state index in [0.29, 0.717) is 5.75 Å². The Bertz CT molecular complexity index is 344. The van der Waals surface area contributed by atoms with Crippen molar-refractivity contribution in [2.24, 2.45) is 0 Å². The number of rotatable bonds is 0. The van der Waals surface area contributed by atoms with Crippen molar-refractivity contribution >= 4 is 23.5 Å². The third kappa shape index (κ3) is 1.04. The molecule has 0 aromatic carbocycles. The number of hydrogen-bond donors (Lipinski definition) is 1. The summed E-state index contributed by atoms with van der Waals surface area (Å²) >= 11 is 1.51. The normalized spacial score (nSPS) is 13.8. The fraction of sp³-hybridized carbons (Fsp3) is 0. The molecule has 2 heterocycles. The highest BCUT2D eigenvalue weighted by Gasteiger charge is 2.17. The summed E-state index contributed by atoms with van der Waals surface area (Å²) in [5, 5.41) is 11.2. The molecule has 4 nitrogen and oxygen atoms in total. The molecule has 0 unspecified atom stereocenters. The van der Waals surface area contributed by atoms with E-state index in [0.717, 1.165) is 9.94 Å². The molecule has 0 saturated heterocycles. The Balaban J connectivity index is 2.30. The lowest BCUT2D eigenvalue weighted by molar-refractivity contribution is 0.00492. The minimum Gasteiger partial charge on any atom is -0.463 e. The SMILES string of the molecule is O=C(O)N1C=Cc2sccc2O1. The molecule has 0 fully saturated rings. The van der Waals surface area contributed by atoms with Crippen molar-refractivity contribution in [3.8, 4) is 5.75 Å². The summed E-state index contributed by atoms with van der Waals surface area (Å²) in [5.41, 5.74) is 0. The predicted octanol–water partition coefficient (Wildman–Crippen LogP) is 2.01. The first-order valence-electron chi connectivity index (χ1n) is 3.23. The first-order chi connectivity index (χ1) is 5.77. The average Bonchev–Trinajstić information content (AvgIpc) is 2.49. The van der Waals surface area contributed by atoms with E-state index in [1.54, 1.807) is 12.1 Å². The van der Waals surface area contributed by atoms with Gasteiger partial charge in [-0.2, -0.15) is 0 Å². The molecule has 1 N–H and O–H groups in total. The Kier molecular flexibility index (Phi) is 1.51. The molecule has 0 saturated carbocycles. The molecule has 0 spiro atoms. The van der Waals surface area contributed by atoms with Crippen LogP contribution in [0, 0.1) is 0 Å². The van der Waals surface area contributed by atoms with E-state index in [2.05, 4.69) is 0 Å². The van der Waals surface area contributed by atoms with Crippen molar-refractivity contribution in [1.29, 1.82) is 0 Å². The van der Waals surface area contributed by atoms with Gasteiger partial charge in [0.2, 0.25) is 0 Å². The molecule has 62 valence electrons. The molecule has 0 aliphatic carbocycles. The Morgan fingerprint density at radius 3 is 3.25 bits per heavy atom. The van der Waals surface area contributed by atoms with Gasteiger partial charge in [-0.15, -0.1) is 16.4 Å². The fourth-order valence-electron chi connectivity index (χ4n) is 0.881. The lowest BCUT2D eigenvalue weighted by Gasteiger charge is -2.17. The van der Waals surface area contributed by atoms with Crippen molar-refractivity contribution in [2.45, 2.75) is 0 Å². The molecule has 1 aromatic rings. The van der Waals surface area contributed by atoms with Crippen molar-refractivity contribution in [1.82, 2.24) is 5.06 Å². The van der Waals surface area contributed by atoms with Gasteiger partial charge in [-0.3, -0.25) is 0 Å². The van der Waals surface area contributed by atoms with Gasteiger partial charge in [0.25, 0.3) is 0 Å². The smallest absolute Gasteiger partial charge is 0.445 e. The third-order valence-corrected chi connectivity index (χ3v) is 2.27. The molecule has 0 radical (unpaired) electrons. The van der Waals surface area contributed by atoms with Gasteiger partial charge in [0.15, 0.2) is 5.75 Å². The zero-order valence-corrected chi connectivity index (χ0v) is 6.75. The second kappa shape index (κ2) is 2.53. The van der Waals surface area contributed by atoms with Crippen LogP contribution in [-0.4, -0.2) is 16.3 Å². The highest BCUT2D eigenvalue weighted by Crippen LogP contribution is 2.30. The van der Waals surface area contributed by atoms with Crippen molar-refractivity contribution in [3.63, 3.8) is 0 Å². The van der Waals surface area contributed by atoms with Crippen LogP contribution in [0.3, 0.4) is 0 Å². The summed E-state index contributed by atoms with van der Waals surface area (Å²) in [6.07, 6.45) is 1.96. The third-order valence-electron chi connectivity index (χ3n) is 1.40. The number of hydrogen-bond acceptors (Lipinski definition) is 3. The summed E-state index contributed by atoms with van der Waals surface area (Å²) in [7, 11) is 0. The number of nitrogens with zero attached hydrogens (tertiary/aromatic N) is 1. The van der Waals surface area contributed by atoms with Gasteiger partial charge in [0.05, 0.1) is 11.1 Å². The average molecular weight is 183 g/mol. The largest absolute Gasteiger partial charge is 0.463 e. The number of carbonyl (C=O) groups is 1. The van der Waals surface area contributed by atoms with Crippen LogP contribution in [0.1, 0.15) is 4.88 Å². The summed E-state index contributed by atoms with van der Waals surface area (Å²) in [5.74, 6) is 0.588. The zero-order valence-electron chi connectivity index (χ0n) is 5.93. The van der Waals surface area contributed by atoms with E-state index < -0.39 is 6.09 Å². The number of carboxylic acid groups (broad SMARTS) is 1. The minimum absolute atomic E-state index is 0.588. The van der Waals surface area contributed by atoms with Gasteiger partial charge in [-0.25, -0.2) is 4.79 Å². The molecule has 1 aliphatic heterocycles. The van der Waals surface area contributed by atoms with Gasteiger partial charge in [-0.1, -0.05) is 0 Å². The number of fused-ring (bicyclic) bond motifs is 1. The minimum atomic E-state index is -1.12. The van der Waals surface area contributed by atoms with Crippen LogP contribution in [0.5, 0.6) is 5.75 Å². The van der Waals surface area contributed by atoms with Crippen LogP contribution >= 0.6 is 11.3 Å². The number of amides is 1. The van der Waals surface area contributed by atoms with E-state index >= 15 is 0 Å². The summed E-state index contributed by atoms with van der Waals surface area (Å²) in [6.45, 7) is 0. The van der Waals surface area contributed by atoms with Crippen molar-refractivity contribution in [2.75, 3.05) is 0 Å². The maximum absolute atomic E-state index is 10.4. The second-order valence-corrected chi connectivity index (χ2v) is 3.11. The van der Waals surface area contributed by atoms with Gasteiger partial charge < -0.3 is 9.94 Å². The van der Waals surface area contributed by atoms with E-state index in [9.17, 15) is 4.79 Å². The summed E-state index contributed by atoms with van der Waals surface area (Å²) in [6, 6.07) is 1.74. The van der Waals surface area contributed by atoms with Gasteiger partial charge >= 0.3 is 6.09 Å². The maximum atomic E-state index is 10.4. The van der Waals surface area contributed by atoms with E-state index in [4.69, 9.17) is 9.94 Å². The first kappa shape index (κ1) is 7.17. The Morgan fingerprint density at radius 1 is 1.67 bits per heavy atom. The topological polar surface area (TPSA) is 49.8 Å². The Labute approximate surface area is 72.3 Å². The maximum Gasteiger partial charge on any atom is 0.445 e. The Morgan fingerprint density at radius 2 is 2.50 bits per heavy atom. The van der Waals surface area contributed by atoms with Crippen LogP contribution in [0.4, 0.5) is 4.79 Å². The zero-order chi connectivity index (χ0) is 8.55. The standard InChI is InChI=1S/C7H5NO3S/c9-7(10)8-3-1-6-5(11-8)2-4-12-6/h1-4H,(H,9,10). The fourth-order valence-corrected chi connectivity index (χ4v) is 1.58. The van der Waals surface area contributed by atoms with E-state index in [1.807, 2.05) is 5.38 Å². The van der Waals surface area contributed by atoms with Gasteiger partial charge in [-0.05, 0) is 17.5 Å². The molecule has 1 amide bonds. The lowest BCUT2D eigenvalue weighted by atomic mass is 10.4. The van der Waals surface area contributed by atoms with Crippen molar-refractivity contribution < 1.29 is 14.7 Å². The summed E-state index contributed by atoms with van der Waals surface area (Å²) in [4.78, 5) is 16.4. The Hall–Kier alpha value is -1.49. The van der Waals surface area contributed by atoms with Crippen LogP contribution in [0.2, 0.25) is 0 Å². The predicted molar refractivity (Wildman–Crippen MR) is 43.8 cm³/mol. The van der Waals surface area contributed by atoms with Crippen molar-refractivity contribution in [3.05, 3.63) is 22.5 Å². The van der Waals surface area contributed by atoms with Crippen LogP contribution in [0.15, 0.2) is 17.6 Å². The number of thiophene rings is 1. The monoisotopic (exact) mass is 183 g/mol. The van der Waals surface area contributed by atoms with Gasteiger partial charge in [0.1, 0.15) is 0 Å². The van der Waals surface area contributed by atoms with Gasteiger partial charge in [0, 0.05) is 0 Å². The molecular formula is C7H5NO3S.